The number of rotatable bonds is 3. The van der Waals surface area contributed by atoms with Gasteiger partial charge < -0.3 is 0 Å². The predicted octanol–water partition coefficient (Wildman–Crippen LogP) is 3.98. The highest BCUT2D eigenvalue weighted by molar-refractivity contribution is 7.92. The molecule has 1 aromatic heterocycles. The van der Waals surface area contributed by atoms with Gasteiger partial charge in [0.05, 0.1) is 26.3 Å². The summed E-state index contributed by atoms with van der Waals surface area (Å²) in [6.45, 7) is 0. The highest BCUT2D eigenvalue weighted by atomic mass is 32.2. The molecule has 2 aromatic carbocycles. The van der Waals surface area contributed by atoms with E-state index in [9.17, 15) is 8.42 Å². The van der Waals surface area contributed by atoms with Crippen LogP contribution in [0.4, 0.5) is 5.69 Å². The monoisotopic (exact) mass is 344 g/mol. The van der Waals surface area contributed by atoms with E-state index in [1.165, 1.54) is 23.3 Å². The Kier molecular flexibility index (Phi) is 3.58. The lowest BCUT2D eigenvalue weighted by Gasteiger charge is -2.17. The fraction of sp³-hybridized carbons (Fsp3) is 0.235. The van der Waals surface area contributed by atoms with Crippen LogP contribution in [0.1, 0.15) is 24.0 Å². The second-order valence-electron chi connectivity index (χ2n) is 5.78. The number of aromatic nitrogens is 1. The molecule has 1 aliphatic rings. The van der Waals surface area contributed by atoms with Crippen LogP contribution in [0.5, 0.6) is 0 Å². The van der Waals surface area contributed by atoms with E-state index in [-0.39, 0.29) is 0 Å². The highest BCUT2D eigenvalue weighted by Crippen LogP contribution is 2.26. The Morgan fingerprint density at radius 3 is 2.70 bits per heavy atom. The minimum absolute atomic E-state index is 0.330. The molecule has 23 heavy (non-hydrogen) atoms. The molecule has 4 rings (SSSR count). The topological polar surface area (TPSA) is 59.1 Å². The van der Waals surface area contributed by atoms with E-state index in [2.05, 4.69) is 9.71 Å². The number of sulfonamides is 1. The first kappa shape index (κ1) is 14.7. The van der Waals surface area contributed by atoms with Crippen LogP contribution < -0.4 is 4.72 Å². The van der Waals surface area contributed by atoms with Gasteiger partial charge in [-0.3, -0.25) is 4.72 Å². The molecule has 0 spiro atoms. The van der Waals surface area contributed by atoms with E-state index in [0.717, 1.165) is 35.0 Å². The molecule has 1 aliphatic carbocycles. The Morgan fingerprint density at radius 1 is 1.00 bits per heavy atom. The smallest absolute Gasteiger partial charge is 0.261 e. The fourth-order valence-electron chi connectivity index (χ4n) is 3.01. The number of hydrogen-bond acceptors (Lipinski definition) is 4. The molecule has 6 heteroatoms. The van der Waals surface area contributed by atoms with Gasteiger partial charge in [0.25, 0.3) is 10.0 Å². The molecule has 1 N–H and O–H groups in total. The van der Waals surface area contributed by atoms with Gasteiger partial charge in [0.15, 0.2) is 0 Å². The summed E-state index contributed by atoms with van der Waals surface area (Å²) >= 11 is 1.54. The van der Waals surface area contributed by atoms with Gasteiger partial charge in [-0.1, -0.05) is 6.07 Å². The molecule has 0 aliphatic heterocycles. The molecule has 0 bridgehead atoms. The molecule has 0 saturated carbocycles. The maximum Gasteiger partial charge on any atom is 0.261 e. The SMILES string of the molecule is O=S(=O)(Nc1ccc2scnc2c1)c1ccc2c(c1)CCCC2. The van der Waals surface area contributed by atoms with Gasteiger partial charge in [-0.15, -0.1) is 11.3 Å². The average Bonchev–Trinajstić information content (AvgIpc) is 3.01. The minimum Gasteiger partial charge on any atom is -0.280 e. The Morgan fingerprint density at radius 2 is 1.83 bits per heavy atom. The van der Waals surface area contributed by atoms with Gasteiger partial charge in [-0.25, -0.2) is 13.4 Å². The molecule has 0 amide bonds. The molecule has 0 unspecified atom stereocenters. The maximum atomic E-state index is 12.6. The summed E-state index contributed by atoms with van der Waals surface area (Å²) in [5, 5.41) is 0. The van der Waals surface area contributed by atoms with Crippen LogP contribution in [0.2, 0.25) is 0 Å². The lowest BCUT2D eigenvalue weighted by atomic mass is 9.92. The summed E-state index contributed by atoms with van der Waals surface area (Å²) in [7, 11) is -3.57. The molecular weight excluding hydrogens is 328 g/mol. The van der Waals surface area contributed by atoms with Gasteiger partial charge in [0.1, 0.15) is 0 Å². The Bertz CT molecular complexity index is 977. The minimum atomic E-state index is -3.57. The summed E-state index contributed by atoms with van der Waals surface area (Å²) in [6.07, 6.45) is 4.32. The largest absolute Gasteiger partial charge is 0.280 e. The number of nitrogens with zero attached hydrogens (tertiary/aromatic N) is 1. The molecule has 118 valence electrons. The van der Waals surface area contributed by atoms with Crippen molar-refractivity contribution < 1.29 is 8.42 Å². The third-order valence-electron chi connectivity index (χ3n) is 4.21. The lowest BCUT2D eigenvalue weighted by Crippen LogP contribution is -2.14. The van der Waals surface area contributed by atoms with E-state index in [0.29, 0.717) is 10.6 Å². The second-order valence-corrected chi connectivity index (χ2v) is 8.35. The van der Waals surface area contributed by atoms with Crippen molar-refractivity contribution in [1.29, 1.82) is 0 Å². The van der Waals surface area contributed by atoms with Gasteiger partial charge in [-0.05, 0) is 67.1 Å². The van der Waals surface area contributed by atoms with E-state index in [1.807, 2.05) is 18.2 Å². The van der Waals surface area contributed by atoms with Crippen molar-refractivity contribution in [2.75, 3.05) is 4.72 Å². The van der Waals surface area contributed by atoms with Crippen LogP contribution in [0.25, 0.3) is 10.2 Å². The van der Waals surface area contributed by atoms with E-state index >= 15 is 0 Å². The van der Waals surface area contributed by atoms with Crippen molar-refractivity contribution in [3.63, 3.8) is 0 Å². The van der Waals surface area contributed by atoms with Crippen molar-refractivity contribution in [2.45, 2.75) is 30.6 Å². The number of benzene rings is 2. The molecular formula is C17H16N2O2S2. The zero-order valence-corrected chi connectivity index (χ0v) is 14.1. The number of aryl methyl sites for hydroxylation is 2. The van der Waals surface area contributed by atoms with Crippen molar-refractivity contribution in [2.24, 2.45) is 0 Å². The predicted molar refractivity (Wildman–Crippen MR) is 93.5 cm³/mol. The fourth-order valence-corrected chi connectivity index (χ4v) is 4.77. The van der Waals surface area contributed by atoms with E-state index < -0.39 is 10.0 Å². The maximum absolute atomic E-state index is 12.6. The Labute approximate surface area is 139 Å². The quantitative estimate of drug-likeness (QED) is 0.782. The van der Waals surface area contributed by atoms with Crippen molar-refractivity contribution in [3.8, 4) is 0 Å². The summed E-state index contributed by atoms with van der Waals surface area (Å²) in [6, 6.07) is 10.9. The van der Waals surface area contributed by atoms with Gasteiger partial charge in [0, 0.05) is 0 Å². The van der Waals surface area contributed by atoms with Crippen LogP contribution in [0, 0.1) is 0 Å². The summed E-state index contributed by atoms with van der Waals surface area (Å²) < 4.78 is 29.0. The second kappa shape index (κ2) is 5.62. The molecule has 0 saturated heterocycles. The first-order valence-corrected chi connectivity index (χ1v) is 9.96. The first-order valence-electron chi connectivity index (χ1n) is 7.60. The summed E-state index contributed by atoms with van der Waals surface area (Å²) in [5.74, 6) is 0. The van der Waals surface area contributed by atoms with E-state index in [4.69, 9.17) is 0 Å². The highest BCUT2D eigenvalue weighted by Gasteiger charge is 2.18. The number of nitrogens with one attached hydrogen (secondary N) is 1. The van der Waals surface area contributed by atoms with Gasteiger partial charge in [0.2, 0.25) is 0 Å². The average molecular weight is 344 g/mol. The standard InChI is InChI=1S/C17H16N2O2S2/c20-23(21,15-7-5-12-3-1-2-4-13(12)9-15)19-14-6-8-17-16(10-14)18-11-22-17/h5-11,19H,1-4H2. The summed E-state index contributed by atoms with van der Waals surface area (Å²) in [5.41, 5.74) is 5.54. The van der Waals surface area contributed by atoms with Crippen LogP contribution >= 0.6 is 11.3 Å². The zero-order chi connectivity index (χ0) is 15.9. The third kappa shape index (κ3) is 2.84. The molecule has 0 atom stereocenters. The van der Waals surface area contributed by atoms with Crippen molar-refractivity contribution in [1.82, 2.24) is 4.98 Å². The molecule has 1 heterocycles. The number of thiazole rings is 1. The van der Waals surface area contributed by atoms with E-state index in [1.54, 1.807) is 23.7 Å². The van der Waals surface area contributed by atoms with Gasteiger partial charge in [-0.2, -0.15) is 0 Å². The Hall–Kier alpha value is -1.92. The molecule has 0 fully saturated rings. The van der Waals surface area contributed by atoms with Crippen LogP contribution in [0.15, 0.2) is 46.8 Å². The molecule has 4 nitrogen and oxygen atoms in total. The van der Waals surface area contributed by atoms with Crippen LogP contribution in [0.3, 0.4) is 0 Å². The van der Waals surface area contributed by atoms with Crippen molar-refractivity contribution in [3.05, 3.63) is 53.0 Å². The Balaban J connectivity index is 1.66. The first-order chi connectivity index (χ1) is 11.1. The number of fused-ring (bicyclic) bond motifs is 2. The van der Waals surface area contributed by atoms with Crippen molar-refractivity contribution >= 4 is 37.3 Å². The normalized spacial score (nSPS) is 14.6. The molecule has 0 radical (unpaired) electrons. The number of anilines is 1. The zero-order valence-electron chi connectivity index (χ0n) is 12.5. The third-order valence-corrected chi connectivity index (χ3v) is 6.40. The summed E-state index contributed by atoms with van der Waals surface area (Å²) in [4.78, 5) is 4.55. The van der Waals surface area contributed by atoms with Gasteiger partial charge >= 0.3 is 0 Å². The van der Waals surface area contributed by atoms with Crippen LogP contribution in [-0.4, -0.2) is 13.4 Å². The lowest BCUT2D eigenvalue weighted by molar-refractivity contribution is 0.600. The number of hydrogen-bond donors (Lipinski definition) is 1. The molecule has 3 aromatic rings. The van der Waals surface area contributed by atoms with Crippen LogP contribution in [-0.2, 0) is 22.9 Å².